The summed E-state index contributed by atoms with van der Waals surface area (Å²) in [5.74, 6) is 0.417. The van der Waals surface area contributed by atoms with E-state index in [1.807, 2.05) is 66.7 Å². The Morgan fingerprint density at radius 2 is 1.00 bits per heavy atom. The van der Waals surface area contributed by atoms with Gasteiger partial charge in [0, 0.05) is 5.69 Å². The number of hydrogen-bond donors (Lipinski definition) is 3. The molecule has 0 bridgehead atoms. The van der Waals surface area contributed by atoms with Crippen LogP contribution in [0.5, 0.6) is 11.5 Å². The van der Waals surface area contributed by atoms with E-state index in [4.69, 9.17) is 5.73 Å². The summed E-state index contributed by atoms with van der Waals surface area (Å²) in [6.45, 7) is 0. The topological polar surface area (TPSA) is 66.5 Å². The maximum absolute atomic E-state index is 10.0. The lowest BCUT2D eigenvalue weighted by Gasteiger charge is -2.17. The number of anilines is 1. The fourth-order valence-corrected chi connectivity index (χ4v) is 3.39. The molecule has 0 aromatic heterocycles. The van der Waals surface area contributed by atoms with Crippen LogP contribution in [0.2, 0.25) is 0 Å². The molecule has 0 fully saturated rings. The summed E-state index contributed by atoms with van der Waals surface area (Å²) in [6.07, 6.45) is 0. The van der Waals surface area contributed by atoms with E-state index in [0.717, 1.165) is 33.4 Å². The Bertz CT molecular complexity index is 1050. The summed E-state index contributed by atoms with van der Waals surface area (Å²) in [6, 6.07) is 28.2. The molecule has 0 unspecified atom stereocenters. The highest BCUT2D eigenvalue weighted by molar-refractivity contribution is 5.95. The van der Waals surface area contributed by atoms with Crippen LogP contribution in [0, 0.1) is 0 Å². The molecular weight excluding hydrogens is 334 g/mol. The van der Waals surface area contributed by atoms with Crippen LogP contribution >= 0.6 is 0 Å². The molecule has 3 heteroatoms. The Morgan fingerprint density at radius 1 is 0.519 bits per heavy atom. The second kappa shape index (κ2) is 6.89. The van der Waals surface area contributed by atoms with Gasteiger partial charge in [-0.15, -0.1) is 0 Å². The third-order valence-corrected chi connectivity index (χ3v) is 4.55. The molecule has 0 aliphatic heterocycles. The highest BCUT2D eigenvalue weighted by Crippen LogP contribution is 2.41. The molecule has 0 atom stereocenters. The van der Waals surface area contributed by atoms with Crippen LogP contribution < -0.4 is 5.73 Å². The van der Waals surface area contributed by atoms with Gasteiger partial charge in [-0.25, -0.2) is 0 Å². The summed E-state index contributed by atoms with van der Waals surface area (Å²) in [5, 5.41) is 20.0. The minimum Gasteiger partial charge on any atom is -0.508 e. The molecule has 4 N–H and O–H groups in total. The average molecular weight is 353 g/mol. The molecular formula is C24H19NO2. The Balaban J connectivity index is 2.04. The summed E-state index contributed by atoms with van der Waals surface area (Å²) in [7, 11) is 0. The summed E-state index contributed by atoms with van der Waals surface area (Å²) in [5.41, 5.74) is 12.4. The molecule has 0 aliphatic rings. The molecule has 27 heavy (non-hydrogen) atoms. The average Bonchev–Trinajstić information content (AvgIpc) is 2.67. The van der Waals surface area contributed by atoms with Crippen LogP contribution in [0.15, 0.2) is 91.0 Å². The zero-order chi connectivity index (χ0) is 18.8. The minimum absolute atomic E-state index is 0.205. The maximum Gasteiger partial charge on any atom is 0.116 e. The molecule has 0 heterocycles. The first-order valence-electron chi connectivity index (χ1n) is 8.69. The number of benzene rings is 4. The lowest BCUT2D eigenvalue weighted by Crippen LogP contribution is -1.92. The Hall–Kier alpha value is -3.72. The molecule has 0 amide bonds. The van der Waals surface area contributed by atoms with Crippen molar-refractivity contribution in [2.24, 2.45) is 0 Å². The number of aromatic hydroxyl groups is 2. The standard InChI is InChI=1S/C24H19NO2/c25-19-8-1-5-16(13-19)22-11-4-12-23(17-6-2-9-20(26)14-17)24(22)18-7-3-10-21(27)15-18/h1-15,26-27H,25H2. The van der Waals surface area contributed by atoms with Crippen molar-refractivity contribution in [3.8, 4) is 44.9 Å². The number of rotatable bonds is 3. The van der Waals surface area contributed by atoms with Crippen molar-refractivity contribution < 1.29 is 10.2 Å². The second-order valence-corrected chi connectivity index (χ2v) is 6.45. The minimum atomic E-state index is 0.205. The second-order valence-electron chi connectivity index (χ2n) is 6.45. The SMILES string of the molecule is Nc1cccc(-c2cccc(-c3cccc(O)c3)c2-c2cccc(O)c2)c1. The van der Waals surface area contributed by atoms with Gasteiger partial charge in [0.05, 0.1) is 0 Å². The van der Waals surface area contributed by atoms with Gasteiger partial charge in [-0.1, -0.05) is 54.6 Å². The largest absolute Gasteiger partial charge is 0.508 e. The third kappa shape index (κ3) is 3.35. The normalized spacial score (nSPS) is 10.7. The lowest BCUT2D eigenvalue weighted by molar-refractivity contribution is 0.475. The first-order chi connectivity index (χ1) is 13.1. The number of phenols is 2. The Morgan fingerprint density at radius 3 is 1.59 bits per heavy atom. The summed E-state index contributed by atoms with van der Waals surface area (Å²) in [4.78, 5) is 0. The zero-order valence-corrected chi connectivity index (χ0v) is 14.6. The van der Waals surface area contributed by atoms with Crippen molar-refractivity contribution in [2.75, 3.05) is 5.73 Å². The van der Waals surface area contributed by atoms with Crippen LogP contribution in [-0.2, 0) is 0 Å². The first-order valence-corrected chi connectivity index (χ1v) is 8.69. The highest BCUT2D eigenvalue weighted by Gasteiger charge is 2.15. The number of nitrogens with two attached hydrogens (primary N) is 1. The van der Waals surface area contributed by atoms with Crippen molar-refractivity contribution in [2.45, 2.75) is 0 Å². The van der Waals surface area contributed by atoms with Gasteiger partial charge < -0.3 is 15.9 Å². The van der Waals surface area contributed by atoms with E-state index in [-0.39, 0.29) is 11.5 Å². The Labute approximate surface area is 158 Å². The van der Waals surface area contributed by atoms with Gasteiger partial charge in [0.25, 0.3) is 0 Å². The summed E-state index contributed by atoms with van der Waals surface area (Å²) < 4.78 is 0. The molecule has 4 aromatic rings. The van der Waals surface area contributed by atoms with Gasteiger partial charge in [-0.05, 0) is 69.8 Å². The molecule has 3 nitrogen and oxygen atoms in total. The van der Waals surface area contributed by atoms with Gasteiger partial charge >= 0.3 is 0 Å². The maximum atomic E-state index is 10.0. The van der Waals surface area contributed by atoms with Crippen LogP contribution in [0.4, 0.5) is 5.69 Å². The van der Waals surface area contributed by atoms with Gasteiger partial charge in [0.1, 0.15) is 11.5 Å². The van der Waals surface area contributed by atoms with Crippen LogP contribution in [-0.4, -0.2) is 10.2 Å². The van der Waals surface area contributed by atoms with Crippen molar-refractivity contribution in [1.82, 2.24) is 0 Å². The molecule has 0 saturated heterocycles. The van der Waals surface area contributed by atoms with Crippen molar-refractivity contribution in [3.63, 3.8) is 0 Å². The molecule has 0 radical (unpaired) electrons. The van der Waals surface area contributed by atoms with E-state index in [0.29, 0.717) is 5.69 Å². The fraction of sp³-hybridized carbons (Fsp3) is 0. The predicted octanol–water partition coefficient (Wildman–Crippen LogP) is 5.68. The molecule has 4 aromatic carbocycles. The van der Waals surface area contributed by atoms with E-state index in [9.17, 15) is 10.2 Å². The van der Waals surface area contributed by atoms with Crippen molar-refractivity contribution >= 4 is 5.69 Å². The van der Waals surface area contributed by atoms with Crippen molar-refractivity contribution in [3.05, 3.63) is 91.0 Å². The van der Waals surface area contributed by atoms with Gasteiger partial charge in [-0.3, -0.25) is 0 Å². The van der Waals surface area contributed by atoms with E-state index >= 15 is 0 Å². The van der Waals surface area contributed by atoms with E-state index in [1.54, 1.807) is 24.3 Å². The highest BCUT2D eigenvalue weighted by atomic mass is 16.3. The van der Waals surface area contributed by atoms with Crippen LogP contribution in [0.25, 0.3) is 33.4 Å². The van der Waals surface area contributed by atoms with Crippen LogP contribution in [0.3, 0.4) is 0 Å². The molecule has 132 valence electrons. The number of nitrogen functional groups attached to an aromatic ring is 1. The summed E-state index contributed by atoms with van der Waals surface area (Å²) >= 11 is 0. The molecule has 0 spiro atoms. The monoisotopic (exact) mass is 353 g/mol. The van der Waals surface area contributed by atoms with Gasteiger partial charge in [0.15, 0.2) is 0 Å². The number of phenolic OH excluding ortho intramolecular Hbond substituents is 2. The smallest absolute Gasteiger partial charge is 0.116 e. The van der Waals surface area contributed by atoms with Crippen molar-refractivity contribution in [1.29, 1.82) is 0 Å². The van der Waals surface area contributed by atoms with Gasteiger partial charge in [0.2, 0.25) is 0 Å². The zero-order valence-electron chi connectivity index (χ0n) is 14.6. The number of hydrogen-bond acceptors (Lipinski definition) is 3. The first kappa shape index (κ1) is 16.7. The van der Waals surface area contributed by atoms with Crippen LogP contribution in [0.1, 0.15) is 0 Å². The lowest BCUT2D eigenvalue weighted by atomic mass is 9.87. The van der Waals surface area contributed by atoms with E-state index in [2.05, 4.69) is 0 Å². The quantitative estimate of drug-likeness (QED) is 0.415. The van der Waals surface area contributed by atoms with Gasteiger partial charge in [-0.2, -0.15) is 0 Å². The fourth-order valence-electron chi connectivity index (χ4n) is 3.39. The van der Waals surface area contributed by atoms with E-state index in [1.165, 1.54) is 0 Å². The van der Waals surface area contributed by atoms with E-state index < -0.39 is 0 Å². The Kier molecular flexibility index (Phi) is 4.27. The molecule has 0 aliphatic carbocycles. The predicted molar refractivity (Wildman–Crippen MR) is 110 cm³/mol. The third-order valence-electron chi connectivity index (χ3n) is 4.55. The molecule has 4 rings (SSSR count). The molecule has 0 saturated carbocycles.